The molecular formula is C51H51Cl6N3. The van der Waals surface area contributed by atoms with E-state index in [1.807, 2.05) is 57.5 Å². The lowest BCUT2D eigenvalue weighted by molar-refractivity contribution is 0.471. The van der Waals surface area contributed by atoms with Gasteiger partial charge in [-0.25, -0.2) is 0 Å². The van der Waals surface area contributed by atoms with Gasteiger partial charge in [0.25, 0.3) is 0 Å². The van der Waals surface area contributed by atoms with Gasteiger partial charge in [-0.1, -0.05) is 161 Å². The molecule has 6 atom stereocenters. The molecule has 9 rings (SSSR count). The van der Waals surface area contributed by atoms with Gasteiger partial charge in [-0.05, 0) is 146 Å². The van der Waals surface area contributed by atoms with E-state index in [9.17, 15) is 0 Å². The molecule has 0 aliphatic heterocycles. The second kappa shape index (κ2) is 20.9. The fourth-order valence-corrected chi connectivity index (χ4v) is 10.4. The van der Waals surface area contributed by atoms with E-state index in [4.69, 9.17) is 69.6 Å². The van der Waals surface area contributed by atoms with E-state index < -0.39 is 0 Å². The van der Waals surface area contributed by atoms with Crippen LogP contribution in [-0.2, 0) is 0 Å². The van der Waals surface area contributed by atoms with Crippen molar-refractivity contribution in [3.05, 3.63) is 208 Å². The van der Waals surface area contributed by atoms with Crippen molar-refractivity contribution in [2.24, 2.45) is 0 Å². The Kier molecular flexibility index (Phi) is 15.6. The van der Waals surface area contributed by atoms with Crippen molar-refractivity contribution in [3.63, 3.8) is 0 Å². The first-order valence-electron chi connectivity index (χ1n) is 20.7. The Morgan fingerprint density at radius 2 is 0.567 bits per heavy atom. The van der Waals surface area contributed by atoms with Crippen molar-refractivity contribution < 1.29 is 0 Å². The van der Waals surface area contributed by atoms with Crippen molar-refractivity contribution in [2.75, 3.05) is 21.1 Å². The summed E-state index contributed by atoms with van der Waals surface area (Å²) in [6.07, 6.45) is 6.79. The average molecular weight is 919 g/mol. The summed E-state index contributed by atoms with van der Waals surface area (Å²) in [5.41, 5.74) is 12.2. The molecule has 6 aromatic carbocycles. The molecule has 0 heterocycles. The molecule has 3 nitrogen and oxygen atoms in total. The van der Waals surface area contributed by atoms with Gasteiger partial charge in [0.15, 0.2) is 0 Å². The quantitative estimate of drug-likeness (QED) is 0.156. The van der Waals surface area contributed by atoms with E-state index in [2.05, 4.69) is 107 Å². The van der Waals surface area contributed by atoms with Gasteiger partial charge in [0.2, 0.25) is 0 Å². The van der Waals surface area contributed by atoms with Gasteiger partial charge >= 0.3 is 0 Å². The molecule has 3 aliphatic carbocycles. The van der Waals surface area contributed by atoms with Gasteiger partial charge in [0.1, 0.15) is 0 Å². The third kappa shape index (κ3) is 10.1. The molecule has 6 aromatic rings. The van der Waals surface area contributed by atoms with Crippen LogP contribution in [0.3, 0.4) is 0 Å². The van der Waals surface area contributed by atoms with Gasteiger partial charge in [-0.3, -0.25) is 0 Å². The van der Waals surface area contributed by atoms with Gasteiger partial charge in [-0.15, -0.1) is 0 Å². The smallest absolute Gasteiger partial charge is 0.0595 e. The van der Waals surface area contributed by atoms with Crippen LogP contribution >= 0.6 is 69.6 Å². The fourth-order valence-electron chi connectivity index (χ4n) is 9.50. The highest BCUT2D eigenvalue weighted by atomic mass is 35.5. The molecule has 3 N–H and O–H groups in total. The largest absolute Gasteiger partial charge is 0.313 e. The van der Waals surface area contributed by atoms with Gasteiger partial charge < -0.3 is 16.0 Å². The zero-order valence-corrected chi connectivity index (χ0v) is 38.6. The number of hydrogen-bond donors (Lipinski definition) is 3. The van der Waals surface area contributed by atoms with E-state index in [-0.39, 0.29) is 0 Å². The lowest BCUT2D eigenvalue weighted by atomic mass is 9.77. The van der Waals surface area contributed by atoms with Gasteiger partial charge in [0.05, 0.1) is 30.1 Å². The van der Waals surface area contributed by atoms with Crippen molar-refractivity contribution in [2.45, 2.75) is 74.4 Å². The average Bonchev–Trinajstić information content (AvgIpc) is 3.28. The van der Waals surface area contributed by atoms with Crippen LogP contribution in [0.4, 0.5) is 0 Å². The first-order chi connectivity index (χ1) is 29.1. The van der Waals surface area contributed by atoms with Crippen LogP contribution in [0.1, 0.15) is 124 Å². The topological polar surface area (TPSA) is 36.1 Å². The van der Waals surface area contributed by atoms with Crippen LogP contribution in [0.25, 0.3) is 0 Å². The number of benzene rings is 6. The molecule has 9 heteroatoms. The fraction of sp³-hybridized carbons (Fsp3) is 0.294. The highest BCUT2D eigenvalue weighted by Crippen LogP contribution is 2.45. The highest BCUT2D eigenvalue weighted by molar-refractivity contribution is 6.43. The molecule has 312 valence electrons. The van der Waals surface area contributed by atoms with E-state index in [1.165, 1.54) is 50.1 Å². The number of nitrogens with one attached hydrogen (secondary N) is 3. The van der Waals surface area contributed by atoms with Crippen LogP contribution in [0.5, 0.6) is 0 Å². The lowest BCUT2D eigenvalue weighted by Gasteiger charge is -2.32. The third-order valence-electron chi connectivity index (χ3n) is 12.6. The maximum Gasteiger partial charge on any atom is 0.0595 e. The maximum atomic E-state index is 6.17. The van der Waals surface area contributed by atoms with E-state index in [0.29, 0.717) is 66.0 Å². The molecule has 3 aliphatic rings. The van der Waals surface area contributed by atoms with Crippen LogP contribution in [0.15, 0.2) is 127 Å². The minimum Gasteiger partial charge on any atom is -0.313 e. The summed E-state index contributed by atoms with van der Waals surface area (Å²) in [6.45, 7) is 0. The van der Waals surface area contributed by atoms with Crippen LogP contribution < -0.4 is 16.0 Å². The molecule has 0 bridgehead atoms. The third-order valence-corrected chi connectivity index (χ3v) is 14.8. The van der Waals surface area contributed by atoms with Crippen molar-refractivity contribution in [3.8, 4) is 0 Å². The Morgan fingerprint density at radius 1 is 0.317 bits per heavy atom. The summed E-state index contributed by atoms with van der Waals surface area (Å²) >= 11 is 36.6. The lowest BCUT2D eigenvalue weighted by Crippen LogP contribution is -2.24. The Balaban J connectivity index is 0.000000136. The Hall–Kier alpha value is -3.06. The van der Waals surface area contributed by atoms with E-state index >= 15 is 0 Å². The SMILES string of the molecule is CN[C@@H]1CC[C@@H](c2ccc(Cl)c(Cl)c2)c2ccccc21.CN[C@H]1CC[C@@H](c2ccc(Cl)c(Cl)c2)c2ccccc21.CN[C@H]1CC[C@@H](c2ccc(Cl)c(Cl)c2)c2ccccc21. The minimum atomic E-state index is 0.408. The van der Waals surface area contributed by atoms with Crippen LogP contribution in [-0.4, -0.2) is 21.1 Å². The summed E-state index contributed by atoms with van der Waals surface area (Å²) in [5.74, 6) is 1.22. The summed E-state index contributed by atoms with van der Waals surface area (Å²) in [4.78, 5) is 0. The van der Waals surface area contributed by atoms with E-state index in [0.717, 1.165) is 38.5 Å². The molecule has 0 amide bonds. The number of fused-ring (bicyclic) bond motifs is 3. The Labute approximate surface area is 386 Å². The van der Waals surface area contributed by atoms with Crippen molar-refractivity contribution >= 4 is 69.6 Å². The first kappa shape index (κ1) is 45.0. The minimum absolute atomic E-state index is 0.408. The summed E-state index contributed by atoms with van der Waals surface area (Å²) in [7, 11) is 6.09. The van der Waals surface area contributed by atoms with Gasteiger partial charge in [0, 0.05) is 35.9 Å². The molecule has 0 spiro atoms. The zero-order chi connectivity index (χ0) is 42.3. The molecule has 60 heavy (non-hydrogen) atoms. The predicted octanol–water partition coefficient (Wildman–Crippen LogP) is 15.5. The molecular weight excluding hydrogens is 867 g/mol. The second-order valence-electron chi connectivity index (χ2n) is 15.8. The molecule has 0 aromatic heterocycles. The number of rotatable bonds is 6. The zero-order valence-electron chi connectivity index (χ0n) is 34.1. The molecule has 0 saturated heterocycles. The molecule has 0 fully saturated rings. The highest BCUT2D eigenvalue weighted by Gasteiger charge is 2.30. The van der Waals surface area contributed by atoms with Crippen LogP contribution in [0, 0.1) is 0 Å². The molecule has 0 unspecified atom stereocenters. The number of halogens is 6. The normalized spacial score (nSPS) is 21.6. The molecule has 0 radical (unpaired) electrons. The summed E-state index contributed by atoms with van der Waals surface area (Å²) in [6, 6.07) is 45.3. The molecule has 0 saturated carbocycles. The Morgan fingerprint density at radius 3 is 0.800 bits per heavy atom. The standard InChI is InChI=1S/3C17H17Cl2N/c3*1-20-17-9-7-12(13-4-2-3-5-14(13)17)11-6-8-15(18)16(19)10-11/h3*2-6,8,10,12,17,20H,7,9H2,1H3/t12-,17+;2*12-,17-/m000/s1. The summed E-state index contributed by atoms with van der Waals surface area (Å²) < 4.78 is 0. The number of hydrogen-bond acceptors (Lipinski definition) is 3. The van der Waals surface area contributed by atoms with Crippen molar-refractivity contribution in [1.82, 2.24) is 16.0 Å². The second-order valence-corrected chi connectivity index (χ2v) is 18.3. The van der Waals surface area contributed by atoms with Crippen LogP contribution in [0.2, 0.25) is 30.1 Å². The maximum absolute atomic E-state index is 6.17. The summed E-state index contributed by atoms with van der Waals surface area (Å²) in [5, 5.41) is 14.0. The Bertz CT molecular complexity index is 2140. The van der Waals surface area contributed by atoms with Gasteiger partial charge in [-0.2, -0.15) is 0 Å². The van der Waals surface area contributed by atoms with E-state index in [1.54, 1.807) is 0 Å². The van der Waals surface area contributed by atoms with Crippen molar-refractivity contribution in [1.29, 1.82) is 0 Å². The first-order valence-corrected chi connectivity index (χ1v) is 23.0. The monoisotopic (exact) mass is 915 g/mol. The predicted molar refractivity (Wildman–Crippen MR) is 257 cm³/mol.